The number of carbonyl (C=O) groups is 2. The van der Waals surface area contributed by atoms with Gasteiger partial charge in [-0.1, -0.05) is 12.5 Å². The Morgan fingerprint density at radius 1 is 1.04 bits per heavy atom. The molecule has 1 aliphatic rings. The molecule has 0 saturated carbocycles. The van der Waals surface area contributed by atoms with Gasteiger partial charge >= 0.3 is 0 Å². The van der Waals surface area contributed by atoms with Gasteiger partial charge in [-0.2, -0.15) is 4.31 Å². The zero-order valence-corrected chi connectivity index (χ0v) is 15.7. The quantitative estimate of drug-likeness (QED) is 0.773. The van der Waals surface area contributed by atoms with Crippen molar-refractivity contribution < 1.29 is 22.4 Å². The molecule has 0 aliphatic carbocycles. The molecule has 1 aromatic carbocycles. The van der Waals surface area contributed by atoms with Crippen molar-refractivity contribution in [3.05, 3.63) is 53.5 Å². The SMILES string of the molecule is Cc1occc1C(=O)NNC(=O)c1cccc(S(=O)(=O)N2CCCCC2)c1. The van der Waals surface area contributed by atoms with E-state index in [4.69, 9.17) is 4.42 Å². The zero-order chi connectivity index (χ0) is 19.4. The molecular weight excluding hydrogens is 370 g/mol. The largest absolute Gasteiger partial charge is 0.469 e. The fourth-order valence-electron chi connectivity index (χ4n) is 2.93. The monoisotopic (exact) mass is 391 g/mol. The number of benzene rings is 1. The fourth-order valence-corrected chi connectivity index (χ4v) is 4.49. The van der Waals surface area contributed by atoms with Gasteiger partial charge in [0, 0.05) is 18.7 Å². The maximum absolute atomic E-state index is 12.7. The van der Waals surface area contributed by atoms with Crippen LogP contribution in [-0.2, 0) is 10.0 Å². The second-order valence-electron chi connectivity index (χ2n) is 6.29. The van der Waals surface area contributed by atoms with Crippen molar-refractivity contribution in [3.63, 3.8) is 0 Å². The molecule has 2 amide bonds. The van der Waals surface area contributed by atoms with Crippen LogP contribution in [0.5, 0.6) is 0 Å². The summed E-state index contributed by atoms with van der Waals surface area (Å²) in [4.78, 5) is 24.4. The average Bonchev–Trinajstić information content (AvgIpc) is 3.12. The second-order valence-corrected chi connectivity index (χ2v) is 8.23. The Morgan fingerprint density at radius 3 is 2.41 bits per heavy atom. The number of amides is 2. The number of hydrogen-bond donors (Lipinski definition) is 2. The lowest BCUT2D eigenvalue weighted by Crippen LogP contribution is -2.41. The van der Waals surface area contributed by atoms with Gasteiger partial charge in [-0.25, -0.2) is 8.42 Å². The Balaban J connectivity index is 1.70. The van der Waals surface area contributed by atoms with E-state index in [1.807, 2.05) is 0 Å². The summed E-state index contributed by atoms with van der Waals surface area (Å²) in [6, 6.07) is 7.26. The van der Waals surface area contributed by atoms with Crippen molar-refractivity contribution in [2.24, 2.45) is 0 Å². The van der Waals surface area contributed by atoms with Gasteiger partial charge in [-0.15, -0.1) is 0 Å². The standard InChI is InChI=1S/C18H21N3O5S/c1-13-16(8-11-26-13)18(23)20-19-17(22)14-6-5-7-15(12-14)27(24,25)21-9-3-2-4-10-21/h5-8,11-12H,2-4,9-10H2,1H3,(H,19,22)(H,20,23). The van der Waals surface area contributed by atoms with Gasteiger partial charge in [0.1, 0.15) is 5.76 Å². The lowest BCUT2D eigenvalue weighted by atomic mass is 10.2. The highest BCUT2D eigenvalue weighted by atomic mass is 32.2. The molecule has 1 saturated heterocycles. The molecule has 27 heavy (non-hydrogen) atoms. The van der Waals surface area contributed by atoms with E-state index in [1.165, 1.54) is 40.9 Å². The average molecular weight is 391 g/mol. The Kier molecular flexibility index (Phi) is 5.62. The van der Waals surface area contributed by atoms with Gasteiger partial charge in [0.25, 0.3) is 11.8 Å². The first-order valence-electron chi connectivity index (χ1n) is 8.64. The minimum absolute atomic E-state index is 0.0639. The Bertz CT molecular complexity index is 945. The molecule has 144 valence electrons. The second kappa shape index (κ2) is 7.93. The predicted octanol–water partition coefficient (Wildman–Crippen LogP) is 1.84. The lowest BCUT2D eigenvalue weighted by molar-refractivity contribution is 0.0845. The summed E-state index contributed by atoms with van der Waals surface area (Å²) in [7, 11) is -3.64. The van der Waals surface area contributed by atoms with Crippen molar-refractivity contribution in [2.75, 3.05) is 13.1 Å². The highest BCUT2D eigenvalue weighted by molar-refractivity contribution is 7.89. The van der Waals surface area contributed by atoms with Crippen LogP contribution in [0.4, 0.5) is 0 Å². The molecule has 3 rings (SSSR count). The molecule has 1 aromatic heterocycles. The first-order valence-corrected chi connectivity index (χ1v) is 10.1. The molecule has 2 N–H and O–H groups in total. The number of hydrogen-bond acceptors (Lipinski definition) is 5. The van der Waals surface area contributed by atoms with E-state index < -0.39 is 21.8 Å². The number of carbonyl (C=O) groups excluding carboxylic acids is 2. The van der Waals surface area contributed by atoms with Gasteiger partial charge in [0.2, 0.25) is 10.0 Å². The first-order chi connectivity index (χ1) is 12.9. The summed E-state index contributed by atoms with van der Waals surface area (Å²) < 4.78 is 32.0. The van der Waals surface area contributed by atoms with Crippen molar-refractivity contribution in [2.45, 2.75) is 31.1 Å². The van der Waals surface area contributed by atoms with Crippen LogP contribution in [0.3, 0.4) is 0 Å². The van der Waals surface area contributed by atoms with E-state index in [0.29, 0.717) is 24.4 Å². The van der Waals surface area contributed by atoms with E-state index in [-0.39, 0.29) is 10.5 Å². The van der Waals surface area contributed by atoms with E-state index >= 15 is 0 Å². The van der Waals surface area contributed by atoms with Crippen LogP contribution in [0.1, 0.15) is 45.7 Å². The van der Waals surface area contributed by atoms with E-state index in [9.17, 15) is 18.0 Å². The number of piperidine rings is 1. The third kappa shape index (κ3) is 4.20. The number of hydrazine groups is 1. The molecule has 0 spiro atoms. The van der Waals surface area contributed by atoms with Crippen LogP contribution in [0.15, 0.2) is 45.9 Å². The molecule has 0 radical (unpaired) electrons. The van der Waals surface area contributed by atoms with Crippen molar-refractivity contribution in [1.29, 1.82) is 0 Å². The first kappa shape index (κ1) is 19.1. The number of rotatable bonds is 4. The van der Waals surface area contributed by atoms with E-state index in [0.717, 1.165) is 19.3 Å². The normalized spacial score (nSPS) is 15.3. The van der Waals surface area contributed by atoms with Gasteiger partial charge in [-0.05, 0) is 44.0 Å². The van der Waals surface area contributed by atoms with Gasteiger partial charge in [0.15, 0.2) is 0 Å². The van der Waals surface area contributed by atoms with Crippen LogP contribution >= 0.6 is 0 Å². The minimum atomic E-state index is -3.64. The molecule has 9 heteroatoms. The number of furan rings is 1. The Hall–Kier alpha value is -2.65. The number of nitrogens with zero attached hydrogens (tertiary/aromatic N) is 1. The highest BCUT2D eigenvalue weighted by Crippen LogP contribution is 2.21. The predicted molar refractivity (Wildman–Crippen MR) is 97.4 cm³/mol. The maximum atomic E-state index is 12.7. The smallest absolute Gasteiger partial charge is 0.273 e. The topological polar surface area (TPSA) is 109 Å². The fraction of sp³-hybridized carbons (Fsp3) is 0.333. The van der Waals surface area contributed by atoms with Gasteiger partial charge < -0.3 is 4.42 Å². The highest BCUT2D eigenvalue weighted by Gasteiger charge is 2.26. The third-order valence-electron chi connectivity index (χ3n) is 4.44. The van der Waals surface area contributed by atoms with Crippen LogP contribution in [0.2, 0.25) is 0 Å². The minimum Gasteiger partial charge on any atom is -0.469 e. The number of aryl methyl sites for hydroxylation is 1. The lowest BCUT2D eigenvalue weighted by Gasteiger charge is -2.26. The molecule has 2 heterocycles. The molecule has 8 nitrogen and oxygen atoms in total. The van der Waals surface area contributed by atoms with Crippen molar-refractivity contribution >= 4 is 21.8 Å². The Morgan fingerprint density at radius 2 is 1.74 bits per heavy atom. The summed E-state index contributed by atoms with van der Waals surface area (Å²) in [6.45, 7) is 2.60. The molecule has 0 bridgehead atoms. The molecule has 1 fully saturated rings. The van der Waals surface area contributed by atoms with Crippen LogP contribution in [0, 0.1) is 6.92 Å². The van der Waals surface area contributed by atoms with Crippen molar-refractivity contribution in [3.8, 4) is 0 Å². The molecule has 1 aliphatic heterocycles. The Labute approximate surface area is 157 Å². The number of nitrogens with one attached hydrogen (secondary N) is 2. The summed E-state index contributed by atoms with van der Waals surface area (Å²) >= 11 is 0. The van der Waals surface area contributed by atoms with E-state index in [1.54, 1.807) is 6.92 Å². The summed E-state index contributed by atoms with van der Waals surface area (Å²) in [6.07, 6.45) is 4.06. The molecule has 0 unspecified atom stereocenters. The third-order valence-corrected chi connectivity index (χ3v) is 6.34. The van der Waals surface area contributed by atoms with Crippen LogP contribution in [-0.4, -0.2) is 37.6 Å². The number of sulfonamides is 1. The summed E-state index contributed by atoms with van der Waals surface area (Å²) in [5, 5.41) is 0. The summed E-state index contributed by atoms with van der Waals surface area (Å²) in [5.41, 5.74) is 5.01. The zero-order valence-electron chi connectivity index (χ0n) is 14.9. The van der Waals surface area contributed by atoms with Crippen molar-refractivity contribution in [1.82, 2.24) is 15.2 Å². The molecule has 2 aromatic rings. The molecule has 0 atom stereocenters. The maximum Gasteiger partial charge on any atom is 0.273 e. The van der Waals surface area contributed by atoms with Crippen LogP contribution in [0.25, 0.3) is 0 Å². The van der Waals surface area contributed by atoms with Gasteiger partial charge in [-0.3, -0.25) is 20.4 Å². The molecular formula is C18H21N3O5S. The van der Waals surface area contributed by atoms with Gasteiger partial charge in [0.05, 0.1) is 16.7 Å². The van der Waals surface area contributed by atoms with E-state index in [2.05, 4.69) is 10.9 Å². The van der Waals surface area contributed by atoms with Crippen LogP contribution < -0.4 is 10.9 Å². The summed E-state index contributed by atoms with van der Waals surface area (Å²) in [5.74, 6) is -0.705.